The first-order valence-corrected chi connectivity index (χ1v) is 8.15. The van der Waals surface area contributed by atoms with Gasteiger partial charge in [0.25, 0.3) is 0 Å². The highest BCUT2D eigenvalue weighted by Crippen LogP contribution is 2.44. The van der Waals surface area contributed by atoms with Crippen LogP contribution >= 0.6 is 0 Å². The minimum atomic E-state index is -0.852. The number of ketones is 1. The maximum absolute atomic E-state index is 12.2. The minimum Gasteiger partial charge on any atom is -0.495 e. The number of carbonyl (C=O) groups excluding carboxylic acids is 2. The number of Topliss-reactive ketones (excluding diaryl/α,β-unsaturated/α-hetero) is 1. The SMILES string of the molecule is COc1c2ccccc2c(OC(=O)OC(C)(C)C)c2oc(C(C)=O)cc12. The molecule has 0 aliphatic carbocycles. The van der Waals surface area contributed by atoms with Gasteiger partial charge in [-0.1, -0.05) is 24.3 Å². The van der Waals surface area contributed by atoms with Crippen LogP contribution in [-0.4, -0.2) is 24.6 Å². The normalized spacial score (nSPS) is 11.6. The summed E-state index contributed by atoms with van der Waals surface area (Å²) in [6, 6.07) is 8.87. The second kappa shape index (κ2) is 6.37. The first-order valence-electron chi connectivity index (χ1n) is 8.15. The summed E-state index contributed by atoms with van der Waals surface area (Å²) in [4.78, 5) is 24.0. The van der Waals surface area contributed by atoms with Crippen molar-refractivity contribution in [3.8, 4) is 11.5 Å². The largest absolute Gasteiger partial charge is 0.514 e. The molecule has 0 unspecified atom stereocenters. The van der Waals surface area contributed by atoms with E-state index in [1.54, 1.807) is 32.9 Å². The Labute approximate surface area is 150 Å². The first kappa shape index (κ1) is 17.8. The zero-order valence-electron chi connectivity index (χ0n) is 15.3. The highest BCUT2D eigenvalue weighted by atomic mass is 16.7. The van der Waals surface area contributed by atoms with Crippen molar-refractivity contribution in [3.63, 3.8) is 0 Å². The molecule has 0 saturated carbocycles. The Morgan fingerprint density at radius 1 is 1.00 bits per heavy atom. The van der Waals surface area contributed by atoms with Crippen molar-refractivity contribution >= 4 is 33.7 Å². The maximum atomic E-state index is 12.2. The van der Waals surface area contributed by atoms with Gasteiger partial charge in [0.15, 0.2) is 22.9 Å². The van der Waals surface area contributed by atoms with Gasteiger partial charge >= 0.3 is 6.16 Å². The molecule has 0 fully saturated rings. The Kier molecular flexibility index (Phi) is 4.36. The molecule has 6 heteroatoms. The van der Waals surface area contributed by atoms with Crippen molar-refractivity contribution in [3.05, 3.63) is 36.1 Å². The van der Waals surface area contributed by atoms with E-state index in [-0.39, 0.29) is 22.9 Å². The van der Waals surface area contributed by atoms with E-state index in [2.05, 4.69) is 0 Å². The molecular formula is C20H20O6. The van der Waals surface area contributed by atoms with Crippen LogP contribution in [0.1, 0.15) is 38.2 Å². The fraction of sp³-hybridized carbons (Fsp3) is 0.300. The molecule has 1 heterocycles. The molecule has 26 heavy (non-hydrogen) atoms. The van der Waals surface area contributed by atoms with Crippen molar-refractivity contribution < 1.29 is 28.2 Å². The molecule has 0 atom stereocenters. The predicted molar refractivity (Wildman–Crippen MR) is 97.1 cm³/mol. The maximum Gasteiger partial charge on any atom is 0.514 e. The zero-order chi connectivity index (χ0) is 19.1. The average Bonchev–Trinajstić information content (AvgIpc) is 2.98. The number of hydrogen-bond donors (Lipinski definition) is 0. The smallest absolute Gasteiger partial charge is 0.495 e. The number of rotatable bonds is 3. The number of ether oxygens (including phenoxy) is 3. The van der Waals surface area contributed by atoms with Crippen molar-refractivity contribution in [2.45, 2.75) is 33.3 Å². The molecule has 0 aliphatic rings. The van der Waals surface area contributed by atoms with Gasteiger partial charge in [-0.05, 0) is 26.8 Å². The summed E-state index contributed by atoms with van der Waals surface area (Å²) in [6.07, 6.45) is -0.852. The van der Waals surface area contributed by atoms with Crippen molar-refractivity contribution in [1.29, 1.82) is 0 Å². The predicted octanol–water partition coefficient (Wildman–Crippen LogP) is 5.11. The van der Waals surface area contributed by atoms with Gasteiger partial charge in [0.2, 0.25) is 0 Å². The zero-order valence-corrected chi connectivity index (χ0v) is 15.3. The third-order valence-corrected chi connectivity index (χ3v) is 3.73. The van der Waals surface area contributed by atoms with Gasteiger partial charge in [0, 0.05) is 17.7 Å². The third-order valence-electron chi connectivity index (χ3n) is 3.73. The van der Waals surface area contributed by atoms with Crippen LogP contribution in [0.4, 0.5) is 4.79 Å². The van der Waals surface area contributed by atoms with E-state index in [0.29, 0.717) is 16.5 Å². The summed E-state index contributed by atoms with van der Waals surface area (Å²) in [7, 11) is 1.54. The number of fused-ring (bicyclic) bond motifs is 2. The lowest BCUT2D eigenvalue weighted by molar-refractivity contribution is 0.0210. The molecular weight excluding hydrogens is 336 g/mol. The highest BCUT2D eigenvalue weighted by Gasteiger charge is 2.25. The van der Waals surface area contributed by atoms with Crippen LogP contribution in [0.3, 0.4) is 0 Å². The molecule has 0 spiro atoms. The summed E-state index contributed by atoms with van der Waals surface area (Å²) < 4.78 is 21.9. The van der Waals surface area contributed by atoms with Crippen molar-refractivity contribution in [2.24, 2.45) is 0 Å². The van der Waals surface area contributed by atoms with E-state index >= 15 is 0 Å². The van der Waals surface area contributed by atoms with E-state index in [9.17, 15) is 9.59 Å². The minimum absolute atomic E-state index is 0.155. The molecule has 3 aromatic rings. The molecule has 1 aromatic heterocycles. The Bertz CT molecular complexity index is 1010. The number of methoxy groups -OCH3 is 1. The van der Waals surface area contributed by atoms with Gasteiger partial charge in [-0.25, -0.2) is 4.79 Å². The number of hydrogen-bond acceptors (Lipinski definition) is 6. The van der Waals surface area contributed by atoms with E-state index in [0.717, 1.165) is 5.39 Å². The Morgan fingerprint density at radius 2 is 1.62 bits per heavy atom. The summed E-state index contributed by atoms with van der Waals surface area (Å²) in [5, 5.41) is 1.90. The Morgan fingerprint density at radius 3 is 2.15 bits per heavy atom. The number of furan rings is 1. The van der Waals surface area contributed by atoms with Gasteiger partial charge in [-0.2, -0.15) is 0 Å². The summed E-state index contributed by atoms with van der Waals surface area (Å²) in [5.74, 6) is 0.653. The fourth-order valence-electron chi connectivity index (χ4n) is 2.72. The highest BCUT2D eigenvalue weighted by molar-refractivity contribution is 6.11. The van der Waals surface area contributed by atoms with Crippen LogP contribution in [-0.2, 0) is 4.74 Å². The van der Waals surface area contributed by atoms with Crippen LogP contribution in [0.25, 0.3) is 21.7 Å². The Balaban J connectivity index is 2.27. The van der Waals surface area contributed by atoms with E-state index in [1.807, 2.05) is 18.2 Å². The lowest BCUT2D eigenvalue weighted by Crippen LogP contribution is -2.26. The second-order valence-electron chi connectivity index (χ2n) is 6.88. The topological polar surface area (TPSA) is 75.0 Å². The van der Waals surface area contributed by atoms with Gasteiger partial charge in [0.05, 0.1) is 12.5 Å². The molecule has 0 bridgehead atoms. The molecule has 2 aromatic carbocycles. The molecule has 3 rings (SSSR count). The summed E-state index contributed by atoms with van der Waals surface area (Å²) in [6.45, 7) is 6.64. The van der Waals surface area contributed by atoms with Gasteiger partial charge < -0.3 is 18.6 Å². The fourth-order valence-corrected chi connectivity index (χ4v) is 2.72. The van der Waals surface area contributed by atoms with Gasteiger partial charge in [-0.15, -0.1) is 0 Å². The van der Waals surface area contributed by atoms with E-state index < -0.39 is 11.8 Å². The molecule has 0 N–H and O–H groups in total. The van der Waals surface area contributed by atoms with Crippen LogP contribution in [0.15, 0.2) is 34.7 Å². The molecule has 0 amide bonds. The Hall–Kier alpha value is -3.02. The molecule has 0 radical (unpaired) electrons. The average molecular weight is 356 g/mol. The first-order chi connectivity index (χ1) is 12.2. The molecule has 6 nitrogen and oxygen atoms in total. The van der Waals surface area contributed by atoms with Crippen molar-refractivity contribution in [1.82, 2.24) is 0 Å². The number of carbonyl (C=O) groups is 2. The van der Waals surface area contributed by atoms with Crippen LogP contribution in [0.5, 0.6) is 11.5 Å². The lowest BCUT2D eigenvalue weighted by Gasteiger charge is -2.19. The third kappa shape index (κ3) is 3.22. The standard InChI is InChI=1S/C20H20O6/c1-11(21)15-10-14-16(23-5)12-8-6-7-9-13(12)17(18(14)24-15)25-19(22)26-20(2,3)4/h6-10H,1-5H3. The van der Waals surface area contributed by atoms with Gasteiger partial charge in [-0.3, -0.25) is 4.79 Å². The summed E-state index contributed by atoms with van der Waals surface area (Å²) in [5.41, 5.74) is -0.441. The molecule has 136 valence electrons. The molecule has 0 aliphatic heterocycles. The molecule has 0 saturated heterocycles. The monoisotopic (exact) mass is 356 g/mol. The number of benzene rings is 2. The van der Waals surface area contributed by atoms with Crippen LogP contribution in [0, 0.1) is 0 Å². The lowest BCUT2D eigenvalue weighted by atomic mass is 10.1. The summed E-state index contributed by atoms with van der Waals surface area (Å²) >= 11 is 0. The van der Waals surface area contributed by atoms with Gasteiger partial charge in [0.1, 0.15) is 11.4 Å². The quantitative estimate of drug-likeness (QED) is 0.369. The van der Waals surface area contributed by atoms with E-state index in [4.69, 9.17) is 18.6 Å². The second-order valence-corrected chi connectivity index (χ2v) is 6.88. The van der Waals surface area contributed by atoms with Crippen LogP contribution in [0.2, 0.25) is 0 Å². The van der Waals surface area contributed by atoms with Crippen molar-refractivity contribution in [2.75, 3.05) is 7.11 Å². The van der Waals surface area contributed by atoms with Crippen LogP contribution < -0.4 is 9.47 Å². The van der Waals surface area contributed by atoms with E-state index in [1.165, 1.54) is 14.0 Å².